The van der Waals surface area contributed by atoms with E-state index in [4.69, 9.17) is 15.6 Å². The smallest absolute Gasteiger partial charge is 0.339 e. The number of carboxylic acids is 1. The van der Waals surface area contributed by atoms with Crippen molar-refractivity contribution in [3.8, 4) is 5.75 Å². The Hall–Kier alpha value is -1.78. The Kier molecular flexibility index (Phi) is 6.12. The zero-order valence-corrected chi connectivity index (χ0v) is 11.6. The molecule has 1 aromatic heterocycles. The first-order chi connectivity index (χ1) is 9.04. The van der Waals surface area contributed by atoms with Crippen LogP contribution in [0.15, 0.2) is 12.3 Å². The number of carbonyl (C=O) groups is 1. The molecule has 1 atom stereocenters. The van der Waals surface area contributed by atoms with Crippen molar-refractivity contribution >= 4 is 11.8 Å². The summed E-state index contributed by atoms with van der Waals surface area (Å²) in [5.74, 6) is -0.590. The molecule has 3 N–H and O–H groups in total. The molecule has 5 heteroatoms. The van der Waals surface area contributed by atoms with E-state index >= 15 is 0 Å². The molecular formula is C14H22N2O3. The topological polar surface area (TPSA) is 85.4 Å². The Morgan fingerprint density at radius 1 is 1.47 bits per heavy atom. The van der Waals surface area contributed by atoms with Crippen LogP contribution in [0.1, 0.15) is 56.3 Å². The van der Waals surface area contributed by atoms with Gasteiger partial charge in [-0.15, -0.1) is 0 Å². The molecule has 106 valence electrons. The van der Waals surface area contributed by atoms with Crippen molar-refractivity contribution in [3.63, 3.8) is 0 Å². The first kappa shape index (κ1) is 15.3. The summed E-state index contributed by atoms with van der Waals surface area (Å²) in [7, 11) is 0. The number of nitrogens with two attached hydrogens (primary N) is 1. The third-order valence-electron chi connectivity index (χ3n) is 2.91. The standard InChI is InChI=1S/C14H22N2O3/c1-3-4-5-6-7-10(2)19-12-9-16-13(15)8-11(12)14(17)18/h8-10H,3-7H2,1-2H3,(H2,15,16)(H,17,18). The van der Waals surface area contributed by atoms with Crippen LogP contribution in [0.2, 0.25) is 0 Å². The maximum absolute atomic E-state index is 11.1. The van der Waals surface area contributed by atoms with Gasteiger partial charge >= 0.3 is 5.97 Å². The minimum atomic E-state index is -1.05. The van der Waals surface area contributed by atoms with E-state index in [0.29, 0.717) is 0 Å². The average molecular weight is 266 g/mol. The summed E-state index contributed by atoms with van der Waals surface area (Å²) < 4.78 is 5.64. The highest BCUT2D eigenvalue weighted by Crippen LogP contribution is 2.21. The predicted octanol–water partition coefficient (Wildman–Crippen LogP) is 3.10. The third kappa shape index (κ3) is 5.16. The van der Waals surface area contributed by atoms with Crippen molar-refractivity contribution in [1.82, 2.24) is 4.98 Å². The molecule has 1 rings (SSSR count). The second-order valence-corrected chi connectivity index (χ2v) is 4.69. The van der Waals surface area contributed by atoms with Gasteiger partial charge in [0.25, 0.3) is 0 Å². The zero-order chi connectivity index (χ0) is 14.3. The Labute approximate surface area is 113 Å². The molecule has 0 saturated carbocycles. The quantitative estimate of drug-likeness (QED) is 0.706. The molecule has 1 unspecified atom stereocenters. The van der Waals surface area contributed by atoms with Crippen molar-refractivity contribution in [2.24, 2.45) is 0 Å². The number of anilines is 1. The first-order valence-corrected chi connectivity index (χ1v) is 6.70. The zero-order valence-electron chi connectivity index (χ0n) is 11.6. The van der Waals surface area contributed by atoms with Gasteiger partial charge in [0.15, 0.2) is 5.75 Å². The molecular weight excluding hydrogens is 244 g/mol. The molecule has 0 radical (unpaired) electrons. The highest BCUT2D eigenvalue weighted by molar-refractivity contribution is 5.91. The number of rotatable bonds is 8. The van der Waals surface area contributed by atoms with E-state index in [-0.39, 0.29) is 23.2 Å². The maximum atomic E-state index is 11.1. The van der Waals surface area contributed by atoms with Gasteiger partial charge in [0.05, 0.1) is 12.3 Å². The number of nitrogens with zero attached hydrogens (tertiary/aromatic N) is 1. The van der Waals surface area contributed by atoms with Crippen molar-refractivity contribution in [2.45, 2.75) is 52.1 Å². The van der Waals surface area contributed by atoms with E-state index in [1.165, 1.54) is 31.5 Å². The summed E-state index contributed by atoms with van der Waals surface area (Å²) in [6, 6.07) is 1.32. The van der Waals surface area contributed by atoms with Crippen molar-refractivity contribution in [2.75, 3.05) is 5.73 Å². The minimum absolute atomic E-state index is 0.0274. The molecule has 0 aliphatic rings. The van der Waals surface area contributed by atoms with Crippen molar-refractivity contribution in [1.29, 1.82) is 0 Å². The Morgan fingerprint density at radius 3 is 2.84 bits per heavy atom. The molecule has 0 saturated heterocycles. The van der Waals surface area contributed by atoms with Crippen LogP contribution in [0.5, 0.6) is 5.75 Å². The van der Waals surface area contributed by atoms with Gasteiger partial charge in [0.2, 0.25) is 0 Å². The lowest BCUT2D eigenvalue weighted by Gasteiger charge is -2.16. The van der Waals surface area contributed by atoms with Crippen LogP contribution in [0.4, 0.5) is 5.82 Å². The van der Waals surface area contributed by atoms with Gasteiger partial charge in [-0.1, -0.05) is 26.2 Å². The molecule has 0 bridgehead atoms. The SMILES string of the molecule is CCCCCCC(C)Oc1cnc(N)cc1C(=O)O. The van der Waals surface area contributed by atoms with Gasteiger partial charge in [0, 0.05) is 0 Å². The maximum Gasteiger partial charge on any atom is 0.339 e. The molecule has 5 nitrogen and oxygen atoms in total. The van der Waals surface area contributed by atoms with E-state index in [0.717, 1.165) is 12.8 Å². The van der Waals surface area contributed by atoms with Crippen LogP contribution >= 0.6 is 0 Å². The molecule has 0 aliphatic carbocycles. The molecule has 0 aliphatic heterocycles. The van der Waals surface area contributed by atoms with Crippen molar-refractivity contribution < 1.29 is 14.6 Å². The number of unbranched alkanes of at least 4 members (excludes halogenated alkanes) is 3. The summed E-state index contributed by atoms with van der Waals surface area (Å²) in [5, 5.41) is 9.09. The number of hydrogen-bond acceptors (Lipinski definition) is 4. The van der Waals surface area contributed by atoms with E-state index in [9.17, 15) is 4.79 Å². The highest BCUT2D eigenvalue weighted by atomic mass is 16.5. The number of nitrogen functional groups attached to an aromatic ring is 1. The fraction of sp³-hybridized carbons (Fsp3) is 0.571. The number of aromatic carboxylic acids is 1. The number of ether oxygens (including phenoxy) is 1. The van der Waals surface area contributed by atoms with Crippen LogP contribution in [0.25, 0.3) is 0 Å². The summed E-state index contributed by atoms with van der Waals surface area (Å²) >= 11 is 0. The molecule has 0 amide bonds. The number of pyridine rings is 1. The third-order valence-corrected chi connectivity index (χ3v) is 2.91. The van der Waals surface area contributed by atoms with E-state index in [1.54, 1.807) is 0 Å². The molecule has 19 heavy (non-hydrogen) atoms. The normalized spacial score (nSPS) is 12.1. The highest BCUT2D eigenvalue weighted by Gasteiger charge is 2.15. The monoisotopic (exact) mass is 266 g/mol. The Balaban J connectivity index is 2.58. The molecule has 1 aromatic rings. The van der Waals surface area contributed by atoms with Crippen LogP contribution in [-0.4, -0.2) is 22.2 Å². The lowest BCUT2D eigenvalue weighted by Crippen LogP contribution is -2.14. The predicted molar refractivity (Wildman–Crippen MR) is 74.5 cm³/mol. The number of hydrogen-bond donors (Lipinski definition) is 2. The molecule has 1 heterocycles. The summed E-state index contributed by atoms with van der Waals surface area (Å²) in [4.78, 5) is 15.0. The van der Waals surface area contributed by atoms with Crippen LogP contribution in [-0.2, 0) is 0 Å². The summed E-state index contributed by atoms with van der Waals surface area (Å²) in [6.07, 6.45) is 6.93. The lowest BCUT2D eigenvalue weighted by molar-refractivity contribution is 0.0689. The van der Waals surface area contributed by atoms with Crippen molar-refractivity contribution in [3.05, 3.63) is 17.8 Å². The molecule has 0 spiro atoms. The number of carboxylic acid groups (broad SMARTS) is 1. The average Bonchev–Trinajstić information content (AvgIpc) is 2.36. The van der Waals surface area contributed by atoms with Gasteiger partial charge < -0.3 is 15.6 Å². The van der Waals surface area contributed by atoms with Gasteiger partial charge in [-0.3, -0.25) is 0 Å². The van der Waals surface area contributed by atoms with Gasteiger partial charge in [-0.2, -0.15) is 0 Å². The van der Waals surface area contributed by atoms with Crippen LogP contribution in [0.3, 0.4) is 0 Å². The van der Waals surface area contributed by atoms with Crippen LogP contribution < -0.4 is 10.5 Å². The van der Waals surface area contributed by atoms with Gasteiger partial charge in [-0.05, 0) is 25.8 Å². The summed E-state index contributed by atoms with van der Waals surface area (Å²) in [6.45, 7) is 4.10. The Bertz CT molecular complexity index is 421. The lowest BCUT2D eigenvalue weighted by atomic mass is 10.1. The van der Waals surface area contributed by atoms with Gasteiger partial charge in [0.1, 0.15) is 11.4 Å². The Morgan fingerprint density at radius 2 is 2.21 bits per heavy atom. The fourth-order valence-electron chi connectivity index (χ4n) is 1.85. The van der Waals surface area contributed by atoms with E-state index in [1.807, 2.05) is 6.92 Å². The minimum Gasteiger partial charge on any atom is -0.488 e. The fourth-order valence-corrected chi connectivity index (χ4v) is 1.85. The number of aromatic nitrogens is 1. The molecule has 0 fully saturated rings. The van der Waals surface area contributed by atoms with E-state index < -0.39 is 5.97 Å². The largest absolute Gasteiger partial charge is 0.488 e. The van der Waals surface area contributed by atoms with Gasteiger partial charge in [-0.25, -0.2) is 9.78 Å². The molecule has 0 aromatic carbocycles. The van der Waals surface area contributed by atoms with Crippen LogP contribution in [0, 0.1) is 0 Å². The first-order valence-electron chi connectivity index (χ1n) is 6.70. The van der Waals surface area contributed by atoms with E-state index in [2.05, 4.69) is 11.9 Å². The second kappa shape index (κ2) is 7.61. The second-order valence-electron chi connectivity index (χ2n) is 4.69. The summed E-state index contributed by atoms with van der Waals surface area (Å²) in [5.41, 5.74) is 5.54.